The molecule has 0 spiro atoms. The van der Waals surface area contributed by atoms with E-state index in [0.29, 0.717) is 0 Å². The highest BCUT2D eigenvalue weighted by Gasteiger charge is 2.49. The SMILES string of the molecule is CCCCNC(=O)C1CC1C(=O)N1CCN(C/C=C/c2ccccc2)CC1. The minimum Gasteiger partial charge on any atom is -0.356 e. The average molecular weight is 370 g/mol. The minimum absolute atomic E-state index is 0.0616. The second kappa shape index (κ2) is 9.70. The molecule has 5 nitrogen and oxygen atoms in total. The maximum Gasteiger partial charge on any atom is 0.226 e. The zero-order chi connectivity index (χ0) is 19.1. The molecule has 1 aromatic rings. The van der Waals surface area contributed by atoms with Crippen LogP contribution in [0, 0.1) is 11.8 Å². The van der Waals surface area contributed by atoms with Crippen LogP contribution in [0.1, 0.15) is 31.7 Å². The first-order chi connectivity index (χ1) is 13.2. The molecule has 2 aliphatic rings. The fourth-order valence-electron chi connectivity index (χ4n) is 3.56. The van der Waals surface area contributed by atoms with E-state index in [1.54, 1.807) is 0 Å². The molecule has 1 N–H and O–H groups in total. The molecule has 146 valence electrons. The fourth-order valence-corrected chi connectivity index (χ4v) is 3.56. The van der Waals surface area contributed by atoms with Crippen molar-refractivity contribution in [3.63, 3.8) is 0 Å². The molecule has 1 saturated heterocycles. The highest BCUT2D eigenvalue weighted by Crippen LogP contribution is 2.40. The third-order valence-corrected chi connectivity index (χ3v) is 5.43. The van der Waals surface area contributed by atoms with Crippen LogP contribution in [-0.2, 0) is 9.59 Å². The second-order valence-electron chi connectivity index (χ2n) is 7.53. The summed E-state index contributed by atoms with van der Waals surface area (Å²) in [6.07, 6.45) is 7.11. The van der Waals surface area contributed by atoms with Gasteiger partial charge in [0.15, 0.2) is 0 Å². The topological polar surface area (TPSA) is 52.7 Å². The highest BCUT2D eigenvalue weighted by atomic mass is 16.2. The van der Waals surface area contributed by atoms with Crippen molar-refractivity contribution in [1.82, 2.24) is 15.1 Å². The van der Waals surface area contributed by atoms with Gasteiger partial charge in [-0.25, -0.2) is 0 Å². The van der Waals surface area contributed by atoms with E-state index < -0.39 is 0 Å². The van der Waals surface area contributed by atoms with Gasteiger partial charge in [-0.15, -0.1) is 0 Å². The number of hydrogen-bond acceptors (Lipinski definition) is 3. The van der Waals surface area contributed by atoms with Gasteiger partial charge >= 0.3 is 0 Å². The molecule has 2 atom stereocenters. The molecule has 0 aromatic heterocycles. The van der Waals surface area contributed by atoms with Crippen LogP contribution in [0.15, 0.2) is 36.4 Å². The van der Waals surface area contributed by atoms with E-state index >= 15 is 0 Å². The molecule has 27 heavy (non-hydrogen) atoms. The molecule has 1 aliphatic carbocycles. The predicted octanol–water partition coefficient (Wildman–Crippen LogP) is 2.40. The number of rotatable bonds is 8. The lowest BCUT2D eigenvalue weighted by molar-refractivity contribution is -0.136. The van der Waals surface area contributed by atoms with Crippen molar-refractivity contribution in [2.45, 2.75) is 26.2 Å². The van der Waals surface area contributed by atoms with Gasteiger partial charge < -0.3 is 10.2 Å². The van der Waals surface area contributed by atoms with Crippen molar-refractivity contribution < 1.29 is 9.59 Å². The lowest BCUT2D eigenvalue weighted by Gasteiger charge is -2.34. The maximum atomic E-state index is 12.6. The molecule has 2 fully saturated rings. The van der Waals surface area contributed by atoms with Crippen LogP contribution < -0.4 is 5.32 Å². The van der Waals surface area contributed by atoms with Crippen LogP contribution in [0.5, 0.6) is 0 Å². The standard InChI is InChI=1S/C22H31N3O2/c1-2-3-11-23-21(26)19-17-20(19)22(27)25-15-13-24(14-16-25)12-7-10-18-8-5-4-6-9-18/h4-10,19-20H,2-3,11-17H2,1H3,(H,23,26)/b10-7+. The molecule has 1 aromatic carbocycles. The molecular formula is C22H31N3O2. The Balaban J connectivity index is 1.36. The van der Waals surface area contributed by atoms with Crippen molar-refractivity contribution in [2.24, 2.45) is 11.8 Å². The largest absolute Gasteiger partial charge is 0.356 e. The number of unbranched alkanes of at least 4 members (excludes halogenated alkanes) is 1. The van der Waals surface area contributed by atoms with Gasteiger partial charge in [0.25, 0.3) is 0 Å². The molecule has 1 aliphatic heterocycles. The molecule has 5 heteroatoms. The van der Waals surface area contributed by atoms with Crippen molar-refractivity contribution in [3.8, 4) is 0 Å². The van der Waals surface area contributed by atoms with Crippen LogP contribution in [-0.4, -0.2) is 60.9 Å². The summed E-state index contributed by atoms with van der Waals surface area (Å²) in [6.45, 7) is 7.05. The minimum atomic E-state index is -0.0961. The Labute approximate surface area is 162 Å². The number of benzene rings is 1. The van der Waals surface area contributed by atoms with Crippen molar-refractivity contribution in [3.05, 3.63) is 42.0 Å². The number of carbonyl (C=O) groups is 2. The molecule has 2 unspecified atom stereocenters. The van der Waals surface area contributed by atoms with E-state index in [1.807, 2.05) is 23.1 Å². The summed E-state index contributed by atoms with van der Waals surface area (Å²) in [5.41, 5.74) is 1.21. The van der Waals surface area contributed by atoms with Gasteiger partial charge in [0, 0.05) is 39.3 Å². The molecule has 1 saturated carbocycles. The number of piperazine rings is 1. The Hall–Kier alpha value is -2.14. The summed E-state index contributed by atoms with van der Waals surface area (Å²) in [4.78, 5) is 29.0. The number of hydrogen-bond donors (Lipinski definition) is 1. The third-order valence-electron chi connectivity index (χ3n) is 5.43. The summed E-state index contributed by atoms with van der Waals surface area (Å²) in [5.74, 6) is 0.0500. The van der Waals surface area contributed by atoms with Gasteiger partial charge in [-0.1, -0.05) is 55.8 Å². The average Bonchev–Trinajstić information content (AvgIpc) is 3.50. The van der Waals surface area contributed by atoms with Crippen LogP contribution in [0.4, 0.5) is 0 Å². The van der Waals surface area contributed by atoms with Crippen LogP contribution >= 0.6 is 0 Å². The first-order valence-electron chi connectivity index (χ1n) is 10.2. The number of amides is 2. The van der Waals surface area contributed by atoms with E-state index in [4.69, 9.17) is 0 Å². The van der Waals surface area contributed by atoms with Gasteiger partial charge in [0.05, 0.1) is 11.8 Å². The van der Waals surface area contributed by atoms with Gasteiger partial charge in [-0.3, -0.25) is 14.5 Å². The predicted molar refractivity (Wildman–Crippen MR) is 108 cm³/mol. The summed E-state index contributed by atoms with van der Waals surface area (Å²) in [5, 5.41) is 2.95. The Morgan fingerprint density at radius 3 is 2.56 bits per heavy atom. The molecular weight excluding hydrogens is 338 g/mol. The van der Waals surface area contributed by atoms with Gasteiger partial charge in [-0.2, -0.15) is 0 Å². The highest BCUT2D eigenvalue weighted by molar-refractivity contribution is 5.92. The number of nitrogens with zero attached hydrogens (tertiary/aromatic N) is 2. The normalized spacial score (nSPS) is 22.8. The first-order valence-corrected chi connectivity index (χ1v) is 10.2. The summed E-state index contributed by atoms with van der Waals surface area (Å²) < 4.78 is 0. The quantitative estimate of drug-likeness (QED) is 0.716. The van der Waals surface area contributed by atoms with E-state index in [-0.39, 0.29) is 23.7 Å². The lowest BCUT2D eigenvalue weighted by atomic mass is 10.2. The summed E-state index contributed by atoms with van der Waals surface area (Å²) in [7, 11) is 0. The molecule has 3 rings (SSSR count). The molecule has 0 bridgehead atoms. The van der Waals surface area contributed by atoms with Crippen LogP contribution in [0.3, 0.4) is 0 Å². The Bertz CT molecular complexity index is 651. The van der Waals surface area contributed by atoms with E-state index in [2.05, 4.69) is 41.4 Å². The summed E-state index contributed by atoms with van der Waals surface area (Å²) >= 11 is 0. The second-order valence-corrected chi connectivity index (χ2v) is 7.53. The summed E-state index contributed by atoms with van der Waals surface area (Å²) in [6, 6.07) is 10.3. The Kier molecular flexibility index (Phi) is 7.04. The zero-order valence-corrected chi connectivity index (χ0v) is 16.3. The van der Waals surface area contributed by atoms with Gasteiger partial charge in [0.2, 0.25) is 11.8 Å². The van der Waals surface area contributed by atoms with E-state index in [1.165, 1.54) is 5.56 Å². The van der Waals surface area contributed by atoms with Crippen molar-refractivity contribution in [1.29, 1.82) is 0 Å². The third kappa shape index (κ3) is 5.67. The van der Waals surface area contributed by atoms with Crippen molar-refractivity contribution in [2.75, 3.05) is 39.3 Å². The number of nitrogens with one attached hydrogen (secondary N) is 1. The van der Waals surface area contributed by atoms with Crippen LogP contribution in [0.25, 0.3) is 6.08 Å². The van der Waals surface area contributed by atoms with Crippen LogP contribution in [0.2, 0.25) is 0 Å². The molecule has 1 heterocycles. The smallest absolute Gasteiger partial charge is 0.226 e. The van der Waals surface area contributed by atoms with E-state index in [9.17, 15) is 9.59 Å². The van der Waals surface area contributed by atoms with E-state index in [0.717, 1.165) is 58.5 Å². The first kappa shape index (κ1) is 19.6. The fraction of sp³-hybridized carbons (Fsp3) is 0.545. The Morgan fingerprint density at radius 1 is 1.11 bits per heavy atom. The lowest BCUT2D eigenvalue weighted by Crippen LogP contribution is -2.49. The van der Waals surface area contributed by atoms with Crippen molar-refractivity contribution >= 4 is 17.9 Å². The zero-order valence-electron chi connectivity index (χ0n) is 16.3. The van der Waals surface area contributed by atoms with Gasteiger partial charge in [-0.05, 0) is 18.4 Å². The Morgan fingerprint density at radius 2 is 1.85 bits per heavy atom. The molecule has 0 radical (unpaired) electrons. The monoisotopic (exact) mass is 369 g/mol. The number of carbonyl (C=O) groups excluding carboxylic acids is 2. The maximum absolute atomic E-state index is 12.6. The molecule has 2 amide bonds. The van der Waals surface area contributed by atoms with Gasteiger partial charge in [0.1, 0.15) is 0 Å².